The molecule has 1 aromatic heterocycles. The number of nitrogens with two attached hydrogens (primary N) is 1. The zero-order valence-corrected chi connectivity index (χ0v) is 15.4. The SMILES string of the molecule is CCCCN=C(N)NCCC(O)(c1nccn1C)C(F)(F)F.I. The Labute approximate surface area is 150 Å². The number of aliphatic hydroxyl groups is 1. The Balaban J connectivity index is 0.00000484. The molecule has 0 fully saturated rings. The lowest BCUT2D eigenvalue weighted by molar-refractivity contribution is -0.272. The normalized spacial score (nSPS) is 15.0. The molecule has 1 unspecified atom stereocenters. The van der Waals surface area contributed by atoms with Crippen LogP contribution in [0.3, 0.4) is 0 Å². The molecule has 1 rings (SSSR count). The number of nitrogens with one attached hydrogen (secondary N) is 1. The van der Waals surface area contributed by atoms with Crippen LogP contribution in [0.5, 0.6) is 0 Å². The van der Waals surface area contributed by atoms with E-state index in [2.05, 4.69) is 15.3 Å². The highest BCUT2D eigenvalue weighted by Gasteiger charge is 2.57. The van der Waals surface area contributed by atoms with Gasteiger partial charge in [-0.05, 0) is 6.42 Å². The number of aryl methyl sites for hydroxylation is 1. The third kappa shape index (κ3) is 5.83. The average Bonchev–Trinajstić information content (AvgIpc) is 2.84. The molecule has 23 heavy (non-hydrogen) atoms. The van der Waals surface area contributed by atoms with Crippen molar-refractivity contribution in [1.29, 1.82) is 0 Å². The Morgan fingerprint density at radius 1 is 1.48 bits per heavy atom. The predicted octanol–water partition coefficient (Wildman–Crippen LogP) is 1.88. The van der Waals surface area contributed by atoms with Crippen LogP contribution in [0.15, 0.2) is 17.4 Å². The van der Waals surface area contributed by atoms with Crippen LogP contribution in [0.1, 0.15) is 32.0 Å². The lowest BCUT2D eigenvalue weighted by Crippen LogP contribution is -2.47. The number of aromatic nitrogens is 2. The van der Waals surface area contributed by atoms with Gasteiger partial charge < -0.3 is 20.7 Å². The summed E-state index contributed by atoms with van der Waals surface area (Å²) in [5.41, 5.74) is 2.52. The largest absolute Gasteiger partial charge is 0.424 e. The smallest absolute Gasteiger partial charge is 0.374 e. The monoisotopic (exact) mass is 449 g/mol. The van der Waals surface area contributed by atoms with Crippen molar-refractivity contribution in [3.05, 3.63) is 18.2 Å². The van der Waals surface area contributed by atoms with Crippen molar-refractivity contribution in [2.75, 3.05) is 13.1 Å². The van der Waals surface area contributed by atoms with Crippen molar-refractivity contribution in [1.82, 2.24) is 14.9 Å². The molecule has 10 heteroatoms. The summed E-state index contributed by atoms with van der Waals surface area (Å²) < 4.78 is 40.8. The molecular formula is C13H23F3IN5O. The van der Waals surface area contributed by atoms with E-state index in [1.165, 1.54) is 19.4 Å². The van der Waals surface area contributed by atoms with Crippen LogP contribution >= 0.6 is 24.0 Å². The van der Waals surface area contributed by atoms with Crippen LogP contribution in [0, 0.1) is 0 Å². The maximum atomic E-state index is 13.2. The number of hydrogen-bond donors (Lipinski definition) is 3. The Kier molecular flexibility index (Phi) is 8.88. The van der Waals surface area contributed by atoms with Gasteiger partial charge in [0.05, 0.1) is 0 Å². The Morgan fingerprint density at radius 3 is 2.61 bits per heavy atom. The van der Waals surface area contributed by atoms with Crippen molar-refractivity contribution < 1.29 is 18.3 Å². The van der Waals surface area contributed by atoms with Crippen molar-refractivity contribution in [3.8, 4) is 0 Å². The van der Waals surface area contributed by atoms with Gasteiger partial charge in [-0.3, -0.25) is 4.99 Å². The predicted molar refractivity (Wildman–Crippen MR) is 92.6 cm³/mol. The summed E-state index contributed by atoms with van der Waals surface area (Å²) in [5, 5.41) is 12.7. The van der Waals surface area contributed by atoms with Gasteiger partial charge in [0.15, 0.2) is 5.96 Å². The van der Waals surface area contributed by atoms with Gasteiger partial charge in [-0.25, -0.2) is 4.98 Å². The molecule has 1 heterocycles. The number of nitrogens with zero attached hydrogens (tertiary/aromatic N) is 3. The van der Waals surface area contributed by atoms with E-state index in [9.17, 15) is 18.3 Å². The van der Waals surface area contributed by atoms with Gasteiger partial charge in [-0.15, -0.1) is 24.0 Å². The number of rotatable bonds is 7. The lowest BCUT2D eigenvalue weighted by atomic mass is 9.97. The highest BCUT2D eigenvalue weighted by atomic mass is 127. The molecule has 0 saturated carbocycles. The first-order valence-electron chi connectivity index (χ1n) is 7.03. The van der Waals surface area contributed by atoms with E-state index in [0.717, 1.165) is 17.4 Å². The molecule has 0 aliphatic heterocycles. The van der Waals surface area contributed by atoms with Crippen LogP contribution in [0.25, 0.3) is 0 Å². The molecule has 0 amide bonds. The van der Waals surface area contributed by atoms with Gasteiger partial charge >= 0.3 is 6.18 Å². The minimum Gasteiger partial charge on any atom is -0.374 e. The van der Waals surface area contributed by atoms with Crippen LogP contribution in [-0.4, -0.2) is 39.9 Å². The number of guanidine groups is 1. The second-order valence-corrected chi connectivity index (χ2v) is 5.02. The van der Waals surface area contributed by atoms with Crippen molar-refractivity contribution in [3.63, 3.8) is 0 Å². The standard InChI is InChI=1S/C13H22F3N5O.HI/c1-3-4-6-19-11(17)20-7-5-12(22,13(14,15)16)10-18-8-9-21(10)2;/h8-9,22H,3-7H2,1-2H3,(H3,17,19,20);1H. The number of imidazole rings is 1. The van der Waals surface area contributed by atoms with Gasteiger partial charge in [0.25, 0.3) is 0 Å². The summed E-state index contributed by atoms with van der Waals surface area (Å²) in [6.07, 6.45) is -1.11. The molecule has 0 spiro atoms. The highest BCUT2D eigenvalue weighted by molar-refractivity contribution is 14.0. The Morgan fingerprint density at radius 2 is 2.13 bits per heavy atom. The maximum absolute atomic E-state index is 13.2. The number of aliphatic imine (C=N–C) groups is 1. The molecule has 0 aromatic carbocycles. The zero-order valence-electron chi connectivity index (χ0n) is 13.1. The average molecular weight is 449 g/mol. The lowest BCUT2D eigenvalue weighted by Gasteiger charge is -2.30. The second kappa shape index (κ2) is 9.30. The van der Waals surface area contributed by atoms with Crippen LogP contribution in [-0.2, 0) is 12.6 Å². The Bertz CT molecular complexity index is 506. The molecule has 1 aromatic rings. The number of halogens is 4. The molecule has 4 N–H and O–H groups in total. The maximum Gasteiger partial charge on any atom is 0.424 e. The third-order valence-corrected chi connectivity index (χ3v) is 3.25. The van der Waals surface area contributed by atoms with Gasteiger partial charge in [0.2, 0.25) is 5.60 Å². The van der Waals surface area contributed by atoms with Crippen LogP contribution < -0.4 is 11.1 Å². The molecular weight excluding hydrogens is 426 g/mol. The fraction of sp³-hybridized carbons (Fsp3) is 0.692. The van der Waals surface area contributed by atoms with E-state index in [4.69, 9.17) is 5.73 Å². The molecule has 0 aliphatic rings. The molecule has 1 atom stereocenters. The van der Waals surface area contributed by atoms with E-state index in [0.29, 0.717) is 6.54 Å². The summed E-state index contributed by atoms with van der Waals surface area (Å²) in [6.45, 7) is 2.33. The summed E-state index contributed by atoms with van der Waals surface area (Å²) in [7, 11) is 1.40. The molecule has 0 saturated heterocycles. The molecule has 0 aliphatic carbocycles. The number of hydrogen-bond acceptors (Lipinski definition) is 3. The fourth-order valence-corrected chi connectivity index (χ4v) is 1.93. The van der Waals surface area contributed by atoms with Crippen molar-refractivity contribution in [2.45, 2.75) is 38.0 Å². The van der Waals surface area contributed by atoms with E-state index in [1.807, 2.05) is 6.92 Å². The highest BCUT2D eigenvalue weighted by Crippen LogP contribution is 2.40. The molecule has 0 bridgehead atoms. The van der Waals surface area contributed by atoms with Gasteiger partial charge in [0, 0.05) is 39.0 Å². The van der Waals surface area contributed by atoms with Gasteiger partial charge in [0.1, 0.15) is 5.82 Å². The van der Waals surface area contributed by atoms with Crippen molar-refractivity contribution in [2.24, 2.45) is 17.8 Å². The number of alkyl halides is 3. The van der Waals surface area contributed by atoms with Gasteiger partial charge in [-0.1, -0.05) is 13.3 Å². The minimum atomic E-state index is -4.85. The topological polar surface area (TPSA) is 88.5 Å². The fourth-order valence-electron chi connectivity index (χ4n) is 1.93. The zero-order chi connectivity index (χ0) is 16.8. The first kappa shape index (κ1) is 22.0. The van der Waals surface area contributed by atoms with E-state index in [-0.39, 0.29) is 36.5 Å². The first-order valence-corrected chi connectivity index (χ1v) is 7.03. The molecule has 134 valence electrons. The molecule has 0 radical (unpaired) electrons. The quantitative estimate of drug-likeness (QED) is 0.257. The number of unbranched alkanes of at least 4 members (excludes halogenated alkanes) is 1. The Hall–Kier alpha value is -1.04. The van der Waals surface area contributed by atoms with E-state index in [1.54, 1.807) is 0 Å². The van der Waals surface area contributed by atoms with E-state index >= 15 is 0 Å². The van der Waals surface area contributed by atoms with Gasteiger partial charge in [-0.2, -0.15) is 13.2 Å². The van der Waals surface area contributed by atoms with Crippen LogP contribution in [0.4, 0.5) is 13.2 Å². The third-order valence-electron chi connectivity index (χ3n) is 3.25. The summed E-state index contributed by atoms with van der Waals surface area (Å²) in [5.74, 6) is -0.388. The van der Waals surface area contributed by atoms with E-state index < -0.39 is 24.0 Å². The summed E-state index contributed by atoms with van der Waals surface area (Å²) in [4.78, 5) is 7.59. The first-order chi connectivity index (χ1) is 10.2. The second-order valence-electron chi connectivity index (χ2n) is 5.02. The summed E-state index contributed by atoms with van der Waals surface area (Å²) in [6, 6.07) is 0. The minimum absolute atomic E-state index is 0. The van der Waals surface area contributed by atoms with Crippen molar-refractivity contribution >= 4 is 29.9 Å². The molecule has 6 nitrogen and oxygen atoms in total. The van der Waals surface area contributed by atoms with Crippen LogP contribution in [0.2, 0.25) is 0 Å². The summed E-state index contributed by atoms with van der Waals surface area (Å²) >= 11 is 0.